The molecular weight excluding hydrogens is 238 g/mol. The molecule has 0 heterocycles. The monoisotopic (exact) mass is 257 g/mol. The van der Waals surface area contributed by atoms with Gasteiger partial charge in [-0.3, -0.25) is 15.1 Å². The average molecular weight is 257 g/mol. The second kappa shape index (κ2) is 9.03. The van der Waals surface area contributed by atoms with Gasteiger partial charge in [0.2, 0.25) is 5.91 Å². The van der Waals surface area contributed by atoms with Crippen molar-refractivity contribution in [2.45, 2.75) is 13.3 Å². The lowest BCUT2D eigenvalue weighted by molar-refractivity contribution is -0.118. The SMILES string of the molecule is C=CCOC(=O)N(CCC(=N)OCC)CC(N)=O. The largest absolute Gasteiger partial charge is 0.481 e. The second-order valence-electron chi connectivity index (χ2n) is 3.36. The zero-order valence-corrected chi connectivity index (χ0v) is 10.5. The van der Waals surface area contributed by atoms with Crippen LogP contribution in [0.5, 0.6) is 0 Å². The minimum atomic E-state index is -0.669. The lowest BCUT2D eigenvalue weighted by Gasteiger charge is -2.20. The number of nitrogens with one attached hydrogen (secondary N) is 1. The van der Waals surface area contributed by atoms with Crippen LogP contribution in [0.25, 0.3) is 0 Å². The molecular formula is C11H19N3O4. The van der Waals surface area contributed by atoms with E-state index in [9.17, 15) is 9.59 Å². The first-order chi connectivity index (χ1) is 8.51. The van der Waals surface area contributed by atoms with E-state index in [1.165, 1.54) is 6.08 Å². The van der Waals surface area contributed by atoms with Crippen molar-refractivity contribution < 1.29 is 19.1 Å². The fourth-order valence-electron chi connectivity index (χ4n) is 1.13. The number of carbonyl (C=O) groups is 2. The highest BCUT2D eigenvalue weighted by Crippen LogP contribution is 1.98. The van der Waals surface area contributed by atoms with Gasteiger partial charge in [-0.1, -0.05) is 12.7 Å². The third-order valence-corrected chi connectivity index (χ3v) is 1.86. The molecule has 0 aliphatic carbocycles. The Morgan fingerprint density at radius 3 is 2.61 bits per heavy atom. The van der Waals surface area contributed by atoms with Crippen LogP contribution in [0.15, 0.2) is 12.7 Å². The van der Waals surface area contributed by atoms with Gasteiger partial charge in [-0.2, -0.15) is 0 Å². The topological polar surface area (TPSA) is 106 Å². The number of nitrogens with two attached hydrogens (primary N) is 1. The van der Waals surface area contributed by atoms with Crippen molar-refractivity contribution in [3.63, 3.8) is 0 Å². The Kier molecular flexibility index (Phi) is 8.00. The summed E-state index contributed by atoms with van der Waals surface area (Å²) in [6.45, 7) is 5.49. The van der Waals surface area contributed by atoms with Crippen LogP contribution in [0.3, 0.4) is 0 Å². The van der Waals surface area contributed by atoms with E-state index in [-0.39, 0.29) is 32.0 Å². The minimum Gasteiger partial charge on any atom is -0.481 e. The number of carbonyl (C=O) groups excluding carboxylic acids is 2. The van der Waals surface area contributed by atoms with Crippen molar-refractivity contribution in [1.82, 2.24) is 4.90 Å². The van der Waals surface area contributed by atoms with Crippen molar-refractivity contribution in [2.24, 2.45) is 5.73 Å². The van der Waals surface area contributed by atoms with Gasteiger partial charge in [0.25, 0.3) is 0 Å². The molecule has 0 aliphatic rings. The van der Waals surface area contributed by atoms with Gasteiger partial charge in [-0.15, -0.1) is 0 Å². The Morgan fingerprint density at radius 1 is 1.44 bits per heavy atom. The number of nitrogens with zero attached hydrogens (tertiary/aromatic N) is 1. The van der Waals surface area contributed by atoms with E-state index in [4.69, 9.17) is 20.6 Å². The predicted octanol–water partition coefficient (Wildman–Crippen LogP) is 0.500. The van der Waals surface area contributed by atoms with Crippen molar-refractivity contribution in [1.29, 1.82) is 5.41 Å². The van der Waals surface area contributed by atoms with E-state index in [1.54, 1.807) is 6.92 Å². The number of ether oxygens (including phenoxy) is 2. The summed E-state index contributed by atoms with van der Waals surface area (Å²) in [7, 11) is 0. The van der Waals surface area contributed by atoms with Crippen LogP contribution in [0.4, 0.5) is 4.79 Å². The van der Waals surface area contributed by atoms with Crippen LogP contribution in [-0.2, 0) is 14.3 Å². The summed E-state index contributed by atoms with van der Waals surface area (Å²) in [5.41, 5.74) is 5.03. The Morgan fingerprint density at radius 2 is 2.11 bits per heavy atom. The van der Waals surface area contributed by atoms with Crippen LogP contribution in [0, 0.1) is 5.41 Å². The highest BCUT2D eigenvalue weighted by atomic mass is 16.6. The van der Waals surface area contributed by atoms with E-state index in [0.29, 0.717) is 6.61 Å². The van der Waals surface area contributed by atoms with Crippen LogP contribution < -0.4 is 5.73 Å². The minimum absolute atomic E-state index is 0.0449. The summed E-state index contributed by atoms with van der Waals surface area (Å²) in [5.74, 6) is -0.600. The smallest absolute Gasteiger partial charge is 0.410 e. The summed E-state index contributed by atoms with van der Waals surface area (Å²) in [6.07, 6.45) is 0.949. The first-order valence-corrected chi connectivity index (χ1v) is 5.52. The third-order valence-electron chi connectivity index (χ3n) is 1.86. The molecule has 0 rings (SSSR count). The Hall–Kier alpha value is -2.05. The molecule has 0 aromatic rings. The maximum absolute atomic E-state index is 11.5. The molecule has 2 amide bonds. The molecule has 0 aromatic carbocycles. The predicted molar refractivity (Wildman–Crippen MR) is 66.3 cm³/mol. The van der Waals surface area contributed by atoms with E-state index in [1.807, 2.05) is 0 Å². The highest BCUT2D eigenvalue weighted by molar-refractivity contribution is 5.81. The van der Waals surface area contributed by atoms with Crippen LogP contribution >= 0.6 is 0 Å². The van der Waals surface area contributed by atoms with Gasteiger partial charge in [0.1, 0.15) is 13.2 Å². The molecule has 0 saturated carbocycles. The van der Waals surface area contributed by atoms with Crippen molar-refractivity contribution in [3.05, 3.63) is 12.7 Å². The van der Waals surface area contributed by atoms with Crippen LogP contribution in [0.1, 0.15) is 13.3 Å². The Bertz CT molecular complexity index is 317. The molecule has 0 bridgehead atoms. The van der Waals surface area contributed by atoms with E-state index >= 15 is 0 Å². The number of hydrogen-bond donors (Lipinski definition) is 2. The fourth-order valence-corrected chi connectivity index (χ4v) is 1.13. The molecule has 0 fully saturated rings. The quantitative estimate of drug-likeness (QED) is 0.375. The van der Waals surface area contributed by atoms with E-state index in [0.717, 1.165) is 4.90 Å². The second-order valence-corrected chi connectivity index (χ2v) is 3.36. The molecule has 0 saturated heterocycles. The summed E-state index contributed by atoms with van der Waals surface area (Å²) in [5, 5.41) is 7.41. The first-order valence-electron chi connectivity index (χ1n) is 5.52. The average Bonchev–Trinajstić information content (AvgIpc) is 2.31. The molecule has 0 atom stereocenters. The molecule has 102 valence electrons. The van der Waals surface area contributed by atoms with Gasteiger partial charge in [0.05, 0.1) is 6.61 Å². The van der Waals surface area contributed by atoms with Crippen molar-refractivity contribution in [2.75, 3.05) is 26.3 Å². The molecule has 18 heavy (non-hydrogen) atoms. The number of primary amides is 1. The number of amides is 2. The van der Waals surface area contributed by atoms with Gasteiger partial charge < -0.3 is 15.2 Å². The molecule has 7 nitrogen and oxygen atoms in total. The molecule has 0 aliphatic heterocycles. The summed E-state index contributed by atoms with van der Waals surface area (Å²) < 4.78 is 9.73. The lowest BCUT2D eigenvalue weighted by atomic mass is 10.3. The van der Waals surface area contributed by atoms with Crippen molar-refractivity contribution >= 4 is 17.9 Å². The van der Waals surface area contributed by atoms with Gasteiger partial charge >= 0.3 is 6.09 Å². The number of hydrogen-bond acceptors (Lipinski definition) is 5. The zero-order chi connectivity index (χ0) is 14.0. The lowest BCUT2D eigenvalue weighted by Crippen LogP contribution is -2.40. The summed E-state index contributed by atoms with van der Waals surface area (Å²) in [6, 6.07) is 0. The highest BCUT2D eigenvalue weighted by Gasteiger charge is 2.17. The van der Waals surface area contributed by atoms with Crippen molar-refractivity contribution in [3.8, 4) is 0 Å². The molecule has 7 heteroatoms. The Labute approximate surface area is 106 Å². The van der Waals surface area contributed by atoms with Crippen LogP contribution in [-0.4, -0.2) is 49.1 Å². The summed E-state index contributed by atoms with van der Waals surface area (Å²) >= 11 is 0. The molecule has 0 radical (unpaired) electrons. The standard InChI is InChI=1S/C11H19N3O4/c1-3-7-18-11(16)14(8-9(12)15)6-5-10(13)17-4-2/h3,13H,1,4-8H2,2H3,(H2,12,15). The Balaban J connectivity index is 4.29. The third kappa shape index (κ3) is 7.26. The zero-order valence-electron chi connectivity index (χ0n) is 10.5. The molecule has 0 spiro atoms. The van der Waals surface area contributed by atoms with Gasteiger partial charge in [-0.25, -0.2) is 4.79 Å². The maximum Gasteiger partial charge on any atom is 0.410 e. The van der Waals surface area contributed by atoms with Crippen LogP contribution in [0.2, 0.25) is 0 Å². The molecule has 0 aromatic heterocycles. The van der Waals surface area contributed by atoms with E-state index in [2.05, 4.69) is 6.58 Å². The van der Waals surface area contributed by atoms with Gasteiger partial charge in [-0.05, 0) is 6.92 Å². The first kappa shape index (κ1) is 16.0. The van der Waals surface area contributed by atoms with Gasteiger partial charge in [0, 0.05) is 13.0 Å². The molecule has 0 unspecified atom stereocenters. The normalized spacial score (nSPS) is 9.39. The van der Waals surface area contributed by atoms with E-state index < -0.39 is 12.0 Å². The van der Waals surface area contributed by atoms with Gasteiger partial charge in [0.15, 0.2) is 5.90 Å². The molecule has 3 N–H and O–H groups in total. The number of rotatable bonds is 8. The fraction of sp³-hybridized carbons (Fsp3) is 0.545. The summed E-state index contributed by atoms with van der Waals surface area (Å²) in [4.78, 5) is 23.5. The maximum atomic E-state index is 11.5.